The Morgan fingerprint density at radius 1 is 1.24 bits per heavy atom. The van der Waals surface area contributed by atoms with E-state index in [1.807, 2.05) is 0 Å². The van der Waals surface area contributed by atoms with Gasteiger partial charge in [-0.1, -0.05) is 31.2 Å². The maximum absolute atomic E-state index is 11.3. The third kappa shape index (κ3) is 3.95. The monoisotopic (exact) mass is 287 g/mol. The largest absolute Gasteiger partial charge is 0.463 e. The van der Waals surface area contributed by atoms with Crippen LogP contribution >= 0.6 is 0 Å². The second-order valence-electron chi connectivity index (χ2n) is 4.96. The number of benzene rings is 1. The number of carbonyl (C=O) groups is 1. The van der Waals surface area contributed by atoms with E-state index in [9.17, 15) is 4.79 Å². The number of esters is 1. The summed E-state index contributed by atoms with van der Waals surface area (Å²) in [4.78, 5) is 11.3. The van der Waals surface area contributed by atoms with Crippen molar-refractivity contribution < 1.29 is 13.9 Å². The molecule has 0 spiro atoms. The molecular weight excluding hydrogens is 266 g/mol. The Morgan fingerprint density at radius 3 is 2.57 bits per heavy atom. The van der Waals surface area contributed by atoms with Gasteiger partial charge in [-0.15, -0.1) is 0 Å². The average molecular weight is 287 g/mol. The molecule has 21 heavy (non-hydrogen) atoms. The number of carbonyl (C=O) groups excluding carboxylic acids is 1. The number of nitrogens with one attached hydrogen (secondary N) is 1. The molecule has 4 nitrogen and oxygen atoms in total. The highest BCUT2D eigenvalue weighted by molar-refractivity contribution is 5.86. The topological polar surface area (TPSA) is 51.5 Å². The van der Waals surface area contributed by atoms with E-state index in [2.05, 4.69) is 48.2 Å². The number of furan rings is 1. The Morgan fingerprint density at radius 2 is 1.95 bits per heavy atom. The minimum Gasteiger partial charge on any atom is -0.463 e. The summed E-state index contributed by atoms with van der Waals surface area (Å²) in [5, 5.41) is 3.38. The number of hydrogen-bond acceptors (Lipinski definition) is 4. The van der Waals surface area contributed by atoms with E-state index < -0.39 is 5.97 Å². The summed E-state index contributed by atoms with van der Waals surface area (Å²) in [7, 11) is 1.34. The van der Waals surface area contributed by atoms with Crippen molar-refractivity contribution >= 4 is 5.97 Å². The van der Waals surface area contributed by atoms with Gasteiger partial charge in [0.05, 0.1) is 13.7 Å². The molecule has 2 rings (SSSR count). The van der Waals surface area contributed by atoms with Gasteiger partial charge >= 0.3 is 5.97 Å². The standard InChI is InChI=1S/C17H21NO3/c1-4-13-5-7-14(8-6-13)12(2)18-11-15-9-10-16(21-15)17(19)20-3/h5-10,12,18H,4,11H2,1-3H3. The first kappa shape index (κ1) is 15.3. The highest BCUT2D eigenvalue weighted by Crippen LogP contribution is 2.15. The Hall–Kier alpha value is -2.07. The molecule has 1 aromatic carbocycles. The van der Waals surface area contributed by atoms with Crippen molar-refractivity contribution in [2.75, 3.05) is 7.11 Å². The minimum atomic E-state index is -0.454. The molecule has 112 valence electrons. The molecule has 1 heterocycles. The van der Waals surface area contributed by atoms with Crippen LogP contribution in [0.25, 0.3) is 0 Å². The summed E-state index contributed by atoms with van der Waals surface area (Å²) < 4.78 is 10.0. The fourth-order valence-electron chi connectivity index (χ4n) is 2.10. The molecule has 4 heteroatoms. The normalized spacial score (nSPS) is 12.1. The van der Waals surface area contributed by atoms with Crippen LogP contribution in [0, 0.1) is 0 Å². The van der Waals surface area contributed by atoms with Crippen LogP contribution in [0.2, 0.25) is 0 Å². The molecule has 2 aromatic rings. The van der Waals surface area contributed by atoms with Crippen molar-refractivity contribution in [1.82, 2.24) is 5.32 Å². The van der Waals surface area contributed by atoms with Crippen molar-refractivity contribution in [3.8, 4) is 0 Å². The minimum absolute atomic E-state index is 0.211. The Kier molecular flexibility index (Phi) is 5.17. The summed E-state index contributed by atoms with van der Waals surface area (Å²) in [5.41, 5.74) is 2.56. The fraction of sp³-hybridized carbons (Fsp3) is 0.353. The lowest BCUT2D eigenvalue weighted by Crippen LogP contribution is -2.17. The lowest BCUT2D eigenvalue weighted by atomic mass is 10.1. The van der Waals surface area contributed by atoms with E-state index in [-0.39, 0.29) is 11.8 Å². The van der Waals surface area contributed by atoms with Gasteiger partial charge in [0.25, 0.3) is 0 Å². The van der Waals surface area contributed by atoms with E-state index in [0.717, 1.165) is 6.42 Å². The highest BCUT2D eigenvalue weighted by Gasteiger charge is 2.12. The van der Waals surface area contributed by atoms with Crippen molar-refractivity contribution in [3.63, 3.8) is 0 Å². The van der Waals surface area contributed by atoms with Crippen LogP contribution in [-0.2, 0) is 17.7 Å². The van der Waals surface area contributed by atoms with Gasteiger partial charge in [-0.05, 0) is 36.6 Å². The highest BCUT2D eigenvalue weighted by atomic mass is 16.5. The maximum Gasteiger partial charge on any atom is 0.373 e. The SMILES string of the molecule is CCc1ccc(C(C)NCc2ccc(C(=O)OC)o2)cc1. The first-order valence-corrected chi connectivity index (χ1v) is 7.13. The van der Waals surface area contributed by atoms with Crippen molar-refractivity contribution in [2.24, 2.45) is 0 Å². The number of aryl methyl sites for hydroxylation is 1. The first-order valence-electron chi connectivity index (χ1n) is 7.13. The molecule has 1 atom stereocenters. The zero-order valence-corrected chi connectivity index (χ0v) is 12.7. The lowest BCUT2D eigenvalue weighted by molar-refractivity contribution is 0.0563. The number of methoxy groups -OCH3 is 1. The number of hydrogen-bond donors (Lipinski definition) is 1. The predicted octanol–water partition coefficient (Wildman–Crippen LogP) is 3.48. The molecule has 1 N–H and O–H groups in total. The summed E-state index contributed by atoms with van der Waals surface area (Å²) >= 11 is 0. The molecular formula is C17H21NO3. The Bertz CT molecular complexity index is 586. The van der Waals surface area contributed by atoms with Crippen molar-refractivity contribution in [2.45, 2.75) is 32.9 Å². The molecule has 0 saturated carbocycles. The first-order chi connectivity index (χ1) is 10.1. The Balaban J connectivity index is 1.92. The molecule has 1 unspecified atom stereocenters. The molecule has 0 aliphatic rings. The molecule has 0 bridgehead atoms. The van der Waals surface area contributed by atoms with Crippen LogP contribution in [0.15, 0.2) is 40.8 Å². The fourth-order valence-corrected chi connectivity index (χ4v) is 2.10. The number of rotatable bonds is 6. The molecule has 0 fully saturated rings. The zero-order chi connectivity index (χ0) is 15.2. The average Bonchev–Trinajstić information content (AvgIpc) is 3.01. The number of ether oxygens (including phenoxy) is 1. The van der Waals surface area contributed by atoms with Gasteiger partial charge in [-0.25, -0.2) is 4.79 Å². The third-order valence-corrected chi connectivity index (χ3v) is 3.52. The maximum atomic E-state index is 11.3. The van der Waals surface area contributed by atoms with E-state index in [1.165, 1.54) is 18.2 Å². The van der Waals surface area contributed by atoms with Gasteiger partial charge < -0.3 is 14.5 Å². The van der Waals surface area contributed by atoms with Crippen LogP contribution in [-0.4, -0.2) is 13.1 Å². The second-order valence-corrected chi connectivity index (χ2v) is 4.96. The molecule has 0 amide bonds. The van der Waals surface area contributed by atoms with Crippen LogP contribution in [0.5, 0.6) is 0 Å². The quantitative estimate of drug-likeness (QED) is 0.826. The van der Waals surface area contributed by atoms with Gasteiger partial charge in [0.1, 0.15) is 5.76 Å². The van der Waals surface area contributed by atoms with Crippen LogP contribution in [0.1, 0.15) is 47.3 Å². The third-order valence-electron chi connectivity index (χ3n) is 3.52. The summed E-state index contributed by atoms with van der Waals surface area (Å²) in [5.74, 6) is 0.492. The second kappa shape index (κ2) is 7.09. The van der Waals surface area contributed by atoms with Crippen molar-refractivity contribution in [3.05, 3.63) is 59.0 Å². The van der Waals surface area contributed by atoms with Crippen molar-refractivity contribution in [1.29, 1.82) is 0 Å². The van der Waals surface area contributed by atoms with E-state index >= 15 is 0 Å². The van der Waals surface area contributed by atoms with Gasteiger partial charge in [-0.3, -0.25) is 0 Å². The van der Waals surface area contributed by atoms with E-state index in [0.29, 0.717) is 12.3 Å². The van der Waals surface area contributed by atoms with Gasteiger partial charge in [0, 0.05) is 6.04 Å². The summed E-state index contributed by atoms with van der Waals surface area (Å²) in [6, 6.07) is 12.2. The van der Waals surface area contributed by atoms with Gasteiger partial charge in [0.15, 0.2) is 0 Å². The summed E-state index contributed by atoms with van der Waals surface area (Å²) in [6.45, 7) is 4.81. The smallest absolute Gasteiger partial charge is 0.373 e. The predicted molar refractivity (Wildman–Crippen MR) is 81.1 cm³/mol. The lowest BCUT2D eigenvalue weighted by Gasteiger charge is -2.13. The Labute approximate surface area is 125 Å². The van der Waals surface area contributed by atoms with E-state index in [1.54, 1.807) is 12.1 Å². The molecule has 0 aliphatic heterocycles. The van der Waals surface area contributed by atoms with E-state index in [4.69, 9.17) is 4.42 Å². The zero-order valence-electron chi connectivity index (χ0n) is 12.7. The molecule has 0 saturated heterocycles. The van der Waals surface area contributed by atoms with Crippen LogP contribution < -0.4 is 5.32 Å². The van der Waals surface area contributed by atoms with Crippen LogP contribution in [0.4, 0.5) is 0 Å². The molecule has 1 aromatic heterocycles. The van der Waals surface area contributed by atoms with Gasteiger partial charge in [0.2, 0.25) is 5.76 Å². The summed E-state index contributed by atoms with van der Waals surface area (Å²) in [6.07, 6.45) is 1.05. The van der Waals surface area contributed by atoms with Gasteiger partial charge in [-0.2, -0.15) is 0 Å². The molecule has 0 aliphatic carbocycles. The van der Waals surface area contributed by atoms with Crippen LogP contribution in [0.3, 0.4) is 0 Å². The molecule has 0 radical (unpaired) electrons.